The van der Waals surface area contributed by atoms with Crippen LogP contribution in [-0.4, -0.2) is 11.9 Å². The number of halogens is 2. The molecule has 1 aromatic rings. The fourth-order valence-corrected chi connectivity index (χ4v) is 2.05. The minimum atomic E-state index is -0.862. The molecule has 94 valence electrons. The summed E-state index contributed by atoms with van der Waals surface area (Å²) in [6.45, 7) is 3.49. The van der Waals surface area contributed by atoms with Crippen LogP contribution < -0.4 is 5.32 Å². The van der Waals surface area contributed by atoms with Crippen LogP contribution in [0.5, 0.6) is 0 Å². The molecule has 0 heterocycles. The maximum atomic E-state index is 13.2. The highest BCUT2D eigenvalue weighted by Crippen LogP contribution is 2.48. The van der Waals surface area contributed by atoms with Crippen molar-refractivity contribution < 1.29 is 13.6 Å². The summed E-state index contributed by atoms with van der Waals surface area (Å²) in [4.78, 5) is 11.3. The van der Waals surface area contributed by atoms with Crippen LogP contribution >= 0.6 is 0 Å². The van der Waals surface area contributed by atoms with Crippen LogP contribution in [0.3, 0.4) is 0 Å². The molecule has 0 radical (unpaired) electrons. The average Bonchev–Trinajstić information content (AvgIpc) is 2.95. The molecule has 2 nitrogen and oxygen atoms in total. The number of hydrogen-bond donors (Lipinski definition) is 1. The third-order valence-corrected chi connectivity index (χ3v) is 3.36. The SMILES string of the molecule is CC#CC(=O)N[C@@H]1C[C@@]1(C)c1ccc(F)c(F)c1. The summed E-state index contributed by atoms with van der Waals surface area (Å²) in [6, 6.07) is 3.78. The van der Waals surface area contributed by atoms with Crippen molar-refractivity contribution in [1.82, 2.24) is 5.32 Å². The van der Waals surface area contributed by atoms with Crippen LogP contribution in [0, 0.1) is 23.5 Å². The Balaban J connectivity index is 2.12. The zero-order valence-corrected chi connectivity index (χ0v) is 10.2. The first kappa shape index (κ1) is 12.6. The first-order valence-electron chi connectivity index (χ1n) is 5.66. The van der Waals surface area contributed by atoms with E-state index in [0.717, 1.165) is 6.07 Å². The summed E-state index contributed by atoms with van der Waals surface area (Å²) in [5, 5.41) is 2.75. The van der Waals surface area contributed by atoms with Gasteiger partial charge in [0.15, 0.2) is 11.6 Å². The van der Waals surface area contributed by atoms with Crippen molar-refractivity contribution in [3.05, 3.63) is 35.4 Å². The van der Waals surface area contributed by atoms with E-state index in [9.17, 15) is 13.6 Å². The highest BCUT2D eigenvalue weighted by molar-refractivity contribution is 5.94. The summed E-state index contributed by atoms with van der Waals surface area (Å²) >= 11 is 0. The third-order valence-electron chi connectivity index (χ3n) is 3.36. The Labute approximate surface area is 104 Å². The Hall–Kier alpha value is -1.89. The van der Waals surface area contributed by atoms with E-state index in [1.165, 1.54) is 6.07 Å². The number of amides is 1. The van der Waals surface area contributed by atoms with Crippen LogP contribution in [0.15, 0.2) is 18.2 Å². The number of rotatable bonds is 2. The summed E-state index contributed by atoms with van der Waals surface area (Å²) in [5.74, 6) is 2.84. The fourth-order valence-electron chi connectivity index (χ4n) is 2.05. The quantitative estimate of drug-likeness (QED) is 0.799. The van der Waals surface area contributed by atoms with Gasteiger partial charge in [0.05, 0.1) is 0 Å². The lowest BCUT2D eigenvalue weighted by Crippen LogP contribution is -2.29. The van der Waals surface area contributed by atoms with Gasteiger partial charge in [-0.3, -0.25) is 4.79 Å². The molecule has 1 aliphatic rings. The Morgan fingerprint density at radius 1 is 1.44 bits per heavy atom. The van der Waals surface area contributed by atoms with Crippen LogP contribution in [0.4, 0.5) is 8.78 Å². The van der Waals surface area contributed by atoms with Crippen molar-refractivity contribution in [2.24, 2.45) is 0 Å². The van der Waals surface area contributed by atoms with Gasteiger partial charge in [0, 0.05) is 11.5 Å². The second kappa shape index (κ2) is 4.41. The normalized spacial score (nSPS) is 25.0. The van der Waals surface area contributed by atoms with Gasteiger partial charge in [-0.2, -0.15) is 0 Å². The highest BCUT2D eigenvalue weighted by Gasteiger charge is 2.52. The average molecular weight is 249 g/mol. The van der Waals surface area contributed by atoms with Crippen molar-refractivity contribution in [3.8, 4) is 11.8 Å². The van der Waals surface area contributed by atoms with Gasteiger partial charge in [-0.05, 0) is 37.0 Å². The van der Waals surface area contributed by atoms with E-state index >= 15 is 0 Å². The molecule has 1 saturated carbocycles. The minimum absolute atomic E-state index is 0.0734. The van der Waals surface area contributed by atoms with E-state index in [2.05, 4.69) is 17.2 Å². The van der Waals surface area contributed by atoms with Crippen LogP contribution in [0.1, 0.15) is 25.8 Å². The number of carbonyl (C=O) groups excluding carboxylic acids is 1. The van der Waals surface area contributed by atoms with Crippen molar-refractivity contribution >= 4 is 5.91 Å². The molecule has 0 unspecified atom stereocenters. The maximum absolute atomic E-state index is 13.2. The molecule has 1 amide bonds. The molecule has 0 saturated heterocycles. The molecule has 0 spiro atoms. The molecular weight excluding hydrogens is 236 g/mol. The summed E-state index contributed by atoms with van der Waals surface area (Å²) < 4.78 is 26.0. The molecule has 0 aliphatic heterocycles. The smallest absolute Gasteiger partial charge is 0.296 e. The molecular formula is C14H13F2NO. The molecule has 1 fully saturated rings. The predicted octanol–water partition coefficient (Wildman–Crippen LogP) is 2.13. The lowest BCUT2D eigenvalue weighted by atomic mass is 9.97. The van der Waals surface area contributed by atoms with E-state index < -0.39 is 11.6 Å². The first-order valence-corrected chi connectivity index (χ1v) is 5.66. The molecule has 18 heavy (non-hydrogen) atoms. The number of carbonyl (C=O) groups is 1. The van der Waals surface area contributed by atoms with Crippen LogP contribution in [-0.2, 0) is 10.2 Å². The molecule has 4 heteroatoms. The van der Waals surface area contributed by atoms with Gasteiger partial charge in [-0.1, -0.05) is 18.9 Å². The third kappa shape index (κ3) is 2.21. The van der Waals surface area contributed by atoms with Crippen LogP contribution in [0.2, 0.25) is 0 Å². The second-order valence-electron chi connectivity index (χ2n) is 4.65. The zero-order valence-electron chi connectivity index (χ0n) is 10.2. The standard InChI is InChI=1S/C14H13F2NO/c1-3-4-13(18)17-12-8-14(12,2)9-5-6-10(15)11(16)7-9/h5-7,12H,8H2,1-2H3,(H,17,18)/t12-,14+/m1/s1. The second-order valence-corrected chi connectivity index (χ2v) is 4.65. The van der Waals surface area contributed by atoms with Gasteiger partial charge in [0.25, 0.3) is 5.91 Å². The van der Waals surface area contributed by atoms with Gasteiger partial charge in [0.2, 0.25) is 0 Å². The number of nitrogens with one attached hydrogen (secondary N) is 1. The van der Waals surface area contributed by atoms with Crippen LogP contribution in [0.25, 0.3) is 0 Å². The Morgan fingerprint density at radius 2 is 2.17 bits per heavy atom. The van der Waals surface area contributed by atoms with E-state index in [0.29, 0.717) is 12.0 Å². The van der Waals surface area contributed by atoms with Gasteiger partial charge in [0.1, 0.15) is 0 Å². The first-order chi connectivity index (χ1) is 8.47. The lowest BCUT2D eigenvalue weighted by molar-refractivity contribution is -0.115. The molecule has 2 atom stereocenters. The Kier molecular flexibility index (Phi) is 3.08. The van der Waals surface area contributed by atoms with E-state index in [-0.39, 0.29) is 17.4 Å². The topological polar surface area (TPSA) is 29.1 Å². The monoisotopic (exact) mass is 249 g/mol. The molecule has 1 aliphatic carbocycles. The van der Waals surface area contributed by atoms with Crippen molar-refractivity contribution in [3.63, 3.8) is 0 Å². The van der Waals surface area contributed by atoms with Crippen molar-refractivity contribution in [1.29, 1.82) is 0 Å². The lowest BCUT2D eigenvalue weighted by Gasteiger charge is -2.12. The van der Waals surface area contributed by atoms with Gasteiger partial charge >= 0.3 is 0 Å². The van der Waals surface area contributed by atoms with Gasteiger partial charge in [-0.25, -0.2) is 8.78 Å². The zero-order chi connectivity index (χ0) is 13.3. The maximum Gasteiger partial charge on any atom is 0.296 e. The summed E-state index contributed by atoms with van der Waals surface area (Å²) in [6.07, 6.45) is 0.704. The van der Waals surface area contributed by atoms with Crippen molar-refractivity contribution in [2.75, 3.05) is 0 Å². The van der Waals surface area contributed by atoms with E-state index in [4.69, 9.17) is 0 Å². The molecule has 1 aromatic carbocycles. The summed E-state index contributed by atoms with van der Waals surface area (Å²) in [5.41, 5.74) is 0.357. The van der Waals surface area contributed by atoms with E-state index in [1.54, 1.807) is 13.0 Å². The molecule has 0 bridgehead atoms. The molecule has 1 N–H and O–H groups in total. The Morgan fingerprint density at radius 3 is 2.78 bits per heavy atom. The van der Waals surface area contributed by atoms with E-state index in [1.807, 2.05) is 6.92 Å². The predicted molar refractivity (Wildman–Crippen MR) is 63.7 cm³/mol. The minimum Gasteiger partial charge on any atom is -0.342 e. The highest BCUT2D eigenvalue weighted by atomic mass is 19.2. The number of hydrogen-bond acceptors (Lipinski definition) is 1. The number of benzene rings is 1. The molecule has 0 aromatic heterocycles. The Bertz CT molecular complexity index is 559. The molecule has 2 rings (SSSR count). The van der Waals surface area contributed by atoms with Gasteiger partial charge < -0.3 is 5.32 Å². The fraction of sp³-hybridized carbons (Fsp3) is 0.357. The summed E-state index contributed by atoms with van der Waals surface area (Å²) in [7, 11) is 0. The van der Waals surface area contributed by atoms with Crippen molar-refractivity contribution in [2.45, 2.75) is 31.7 Å². The van der Waals surface area contributed by atoms with Gasteiger partial charge in [-0.15, -0.1) is 0 Å². The largest absolute Gasteiger partial charge is 0.342 e.